The van der Waals surface area contributed by atoms with E-state index in [1.807, 2.05) is 72.8 Å². The fraction of sp³-hybridized carbons (Fsp3) is 0.170. The van der Waals surface area contributed by atoms with Gasteiger partial charge >= 0.3 is 6.03 Å². The molecule has 3 heterocycles. The molecule has 3 aliphatic rings. The van der Waals surface area contributed by atoms with Gasteiger partial charge in [-0.15, -0.1) is 0 Å². The summed E-state index contributed by atoms with van der Waals surface area (Å²) in [6.07, 6.45) is 3.31. The third kappa shape index (κ3) is 6.29. The maximum absolute atomic E-state index is 14.4. The zero-order valence-corrected chi connectivity index (χ0v) is 30.4. The largest absolute Gasteiger partial charge is 0.493 e. The number of ether oxygens (including phenoxy) is 2. The summed E-state index contributed by atoms with van der Waals surface area (Å²) in [5.74, 6) is -0.318. The smallest absolute Gasteiger partial charge is 0.335 e. The number of urea groups is 1. The summed E-state index contributed by atoms with van der Waals surface area (Å²) in [5.41, 5.74) is 7.58. The summed E-state index contributed by atoms with van der Waals surface area (Å²) in [5, 5.41) is 4.68. The Labute approximate surface area is 319 Å². The minimum absolute atomic E-state index is 0.0779. The predicted octanol–water partition coefficient (Wildman–Crippen LogP) is 8.97. The van der Waals surface area contributed by atoms with Gasteiger partial charge in [0.2, 0.25) is 0 Å². The molecule has 0 bridgehead atoms. The number of carbonyl (C=O) groups excluding carboxylic acids is 3. The van der Waals surface area contributed by atoms with Crippen LogP contribution < -0.4 is 24.6 Å². The first-order chi connectivity index (χ1) is 27.0. The number of hydrogen-bond donors (Lipinski definition) is 1. The van der Waals surface area contributed by atoms with Crippen molar-refractivity contribution in [2.24, 2.45) is 0 Å². The van der Waals surface area contributed by atoms with Gasteiger partial charge < -0.3 is 14.4 Å². The van der Waals surface area contributed by atoms with Crippen LogP contribution in [-0.4, -0.2) is 38.0 Å². The molecule has 1 saturated heterocycles. The maximum atomic E-state index is 14.4. The number of hydrogen-bond acceptors (Lipinski definition) is 6. The second-order valence-corrected chi connectivity index (χ2v) is 14.3. The summed E-state index contributed by atoms with van der Waals surface area (Å²) >= 11 is 0. The first-order valence-electron chi connectivity index (χ1n) is 18.7. The molecule has 6 aromatic rings. The Morgan fingerprint density at radius 1 is 0.709 bits per heavy atom. The highest BCUT2D eigenvalue weighted by Gasteiger charge is 2.40. The van der Waals surface area contributed by atoms with Crippen LogP contribution in [0.25, 0.3) is 16.8 Å². The first-order valence-corrected chi connectivity index (χ1v) is 18.7. The average Bonchev–Trinajstić information content (AvgIpc) is 3.22. The highest BCUT2D eigenvalue weighted by atomic mass is 16.5. The van der Waals surface area contributed by atoms with Crippen LogP contribution in [0.15, 0.2) is 139 Å². The quantitative estimate of drug-likeness (QED) is 0.125. The van der Waals surface area contributed by atoms with Crippen molar-refractivity contribution >= 4 is 46.1 Å². The van der Waals surface area contributed by atoms with Gasteiger partial charge in [-0.05, 0) is 87.3 Å². The van der Waals surface area contributed by atoms with E-state index in [4.69, 9.17) is 9.47 Å². The minimum Gasteiger partial charge on any atom is -0.493 e. The Bertz CT molecular complexity index is 2420. The van der Waals surface area contributed by atoms with Crippen LogP contribution in [0.3, 0.4) is 0 Å². The van der Waals surface area contributed by atoms with E-state index in [0.717, 1.165) is 58.3 Å². The third-order valence-electron chi connectivity index (χ3n) is 11.1. The molecule has 8 heteroatoms. The minimum atomic E-state index is -0.773. The van der Waals surface area contributed by atoms with Crippen LogP contribution in [0.4, 0.5) is 16.2 Å². The van der Waals surface area contributed by atoms with Gasteiger partial charge in [-0.2, -0.15) is 0 Å². The van der Waals surface area contributed by atoms with E-state index >= 15 is 0 Å². The number of benzene rings is 6. The van der Waals surface area contributed by atoms with Crippen LogP contribution in [0.5, 0.6) is 11.5 Å². The molecular formula is C47H39N3O5. The number of carbonyl (C=O) groups is 3. The standard InChI is InChI=1S/C47H39N3O5/c1-54-43-26-30(19-20-42(43)55-29-34-17-10-16-31-15-8-9-18-36(31)34)25-41-45(51)48-47(53)50(46(41)52)35-27-39-37(32-11-4-2-5-12-32)21-23-49-24-22-38(40(28-35)44(39)49)33-13-6-3-7-14-33/h2-20,25-28,37-38H,21-24,29H2,1H3,(H,48,51,53)/b41-25+/t37-,38+. The zero-order valence-electron chi connectivity index (χ0n) is 30.4. The van der Waals surface area contributed by atoms with Crippen molar-refractivity contribution in [3.8, 4) is 11.5 Å². The van der Waals surface area contributed by atoms with E-state index in [1.165, 1.54) is 22.9 Å². The molecule has 0 aromatic heterocycles. The number of nitrogens with one attached hydrogen (secondary N) is 1. The summed E-state index contributed by atoms with van der Waals surface area (Å²) in [4.78, 5) is 45.0. The Balaban J connectivity index is 1.07. The van der Waals surface area contributed by atoms with E-state index in [1.54, 1.807) is 25.3 Å². The van der Waals surface area contributed by atoms with Crippen molar-refractivity contribution in [3.63, 3.8) is 0 Å². The van der Waals surface area contributed by atoms with Crippen LogP contribution in [0, 0.1) is 0 Å². The lowest BCUT2D eigenvalue weighted by Crippen LogP contribution is -2.54. The van der Waals surface area contributed by atoms with Gasteiger partial charge in [0, 0.05) is 30.6 Å². The van der Waals surface area contributed by atoms with Crippen LogP contribution >= 0.6 is 0 Å². The molecule has 0 spiro atoms. The summed E-state index contributed by atoms with van der Waals surface area (Å²) in [6.45, 7) is 2.16. The molecule has 3 aliphatic heterocycles. The fourth-order valence-electron chi connectivity index (χ4n) is 8.49. The summed E-state index contributed by atoms with van der Waals surface area (Å²) in [6, 6.07) is 43.5. The van der Waals surface area contributed by atoms with Gasteiger partial charge in [0.1, 0.15) is 12.2 Å². The van der Waals surface area contributed by atoms with Crippen LogP contribution in [0.1, 0.15) is 58.1 Å². The number of amides is 4. The van der Waals surface area contributed by atoms with Gasteiger partial charge in [-0.3, -0.25) is 14.9 Å². The molecule has 6 aromatic carbocycles. The average molecular weight is 726 g/mol. The van der Waals surface area contributed by atoms with E-state index in [-0.39, 0.29) is 17.4 Å². The molecule has 272 valence electrons. The van der Waals surface area contributed by atoms with Crippen molar-refractivity contribution in [1.82, 2.24) is 5.32 Å². The molecule has 8 nitrogen and oxygen atoms in total. The lowest BCUT2D eigenvalue weighted by molar-refractivity contribution is -0.122. The van der Waals surface area contributed by atoms with E-state index in [0.29, 0.717) is 29.4 Å². The number of nitrogens with zero attached hydrogens (tertiary/aromatic N) is 2. The fourth-order valence-corrected chi connectivity index (χ4v) is 8.49. The van der Waals surface area contributed by atoms with Crippen molar-refractivity contribution in [2.75, 3.05) is 30.0 Å². The maximum Gasteiger partial charge on any atom is 0.335 e. The van der Waals surface area contributed by atoms with Crippen molar-refractivity contribution in [2.45, 2.75) is 31.3 Å². The van der Waals surface area contributed by atoms with Gasteiger partial charge in [0.15, 0.2) is 11.5 Å². The first kappa shape index (κ1) is 34.1. The van der Waals surface area contributed by atoms with Crippen LogP contribution in [-0.2, 0) is 16.2 Å². The molecule has 55 heavy (non-hydrogen) atoms. The van der Waals surface area contributed by atoms with Gasteiger partial charge in [-0.1, -0.05) is 109 Å². The number of rotatable bonds is 8. The molecule has 1 fully saturated rings. The molecular weight excluding hydrogens is 687 g/mol. The highest BCUT2D eigenvalue weighted by molar-refractivity contribution is 6.39. The molecule has 0 aliphatic carbocycles. The Morgan fingerprint density at radius 3 is 2.02 bits per heavy atom. The number of anilines is 2. The van der Waals surface area contributed by atoms with E-state index in [2.05, 4.69) is 52.7 Å². The Kier molecular flexibility index (Phi) is 8.86. The number of barbiturate groups is 1. The summed E-state index contributed by atoms with van der Waals surface area (Å²) < 4.78 is 11.9. The number of methoxy groups -OCH3 is 1. The number of imide groups is 2. The Hall–Kier alpha value is -6.67. The van der Waals surface area contributed by atoms with Crippen molar-refractivity contribution in [1.29, 1.82) is 0 Å². The monoisotopic (exact) mass is 725 g/mol. The SMILES string of the molecule is COc1cc(/C=C2\C(=O)NC(=O)N(c3cc4c5c(c3)[C@H](c3ccccc3)CCN5CC[C@@H]4c3ccccc3)C2=O)ccc1OCc1cccc2ccccc12. The van der Waals surface area contributed by atoms with Crippen molar-refractivity contribution < 1.29 is 23.9 Å². The third-order valence-corrected chi connectivity index (χ3v) is 11.1. The van der Waals surface area contributed by atoms with Gasteiger partial charge in [0.05, 0.1) is 12.8 Å². The molecule has 4 amide bonds. The predicted molar refractivity (Wildman–Crippen MR) is 215 cm³/mol. The molecule has 0 unspecified atom stereocenters. The molecule has 9 rings (SSSR count). The second kappa shape index (κ2) is 14.3. The normalized spacial score (nSPS) is 18.6. The van der Waals surface area contributed by atoms with Gasteiger partial charge in [-0.25, -0.2) is 9.69 Å². The Morgan fingerprint density at radius 2 is 1.35 bits per heavy atom. The molecule has 1 N–H and O–H groups in total. The number of fused-ring (bicyclic) bond motifs is 1. The van der Waals surface area contributed by atoms with Crippen molar-refractivity contribution in [3.05, 3.63) is 172 Å². The molecule has 2 atom stereocenters. The van der Waals surface area contributed by atoms with Gasteiger partial charge in [0.25, 0.3) is 11.8 Å². The topological polar surface area (TPSA) is 88.2 Å². The summed E-state index contributed by atoms with van der Waals surface area (Å²) in [7, 11) is 1.55. The highest BCUT2D eigenvalue weighted by Crippen LogP contribution is 2.50. The molecule has 0 radical (unpaired) electrons. The second-order valence-electron chi connectivity index (χ2n) is 14.3. The lowest BCUT2D eigenvalue weighted by Gasteiger charge is -2.44. The molecule has 0 saturated carbocycles. The van der Waals surface area contributed by atoms with Crippen LogP contribution in [0.2, 0.25) is 0 Å². The van der Waals surface area contributed by atoms with E-state index < -0.39 is 17.8 Å². The zero-order chi connectivity index (χ0) is 37.5. The lowest BCUT2D eigenvalue weighted by atomic mass is 9.76. The van der Waals surface area contributed by atoms with E-state index in [9.17, 15) is 14.4 Å².